The Morgan fingerprint density at radius 3 is 3.00 bits per heavy atom. The molecule has 98 valence electrons. The van der Waals surface area contributed by atoms with Crippen LogP contribution in [0.25, 0.3) is 0 Å². The number of halogens is 1. The van der Waals surface area contributed by atoms with Crippen LogP contribution in [0.4, 0.5) is 5.69 Å². The van der Waals surface area contributed by atoms with Crippen molar-refractivity contribution in [2.24, 2.45) is 0 Å². The fraction of sp³-hybridized carbons (Fsp3) is 0.455. The fourth-order valence-electron chi connectivity index (χ4n) is 1.23. The monoisotopic (exact) mass is 331 g/mol. The lowest BCUT2D eigenvalue weighted by Gasteiger charge is -2.08. The van der Waals surface area contributed by atoms with Crippen LogP contribution in [0, 0.1) is 12.3 Å². The van der Waals surface area contributed by atoms with Crippen LogP contribution in [0.5, 0.6) is 0 Å². The summed E-state index contributed by atoms with van der Waals surface area (Å²) in [6, 6.07) is 0. The number of hydrogen-bond acceptors (Lipinski definition) is 4. The van der Waals surface area contributed by atoms with Crippen molar-refractivity contribution in [3.8, 4) is 12.3 Å². The minimum absolute atomic E-state index is 0.136. The second-order valence-electron chi connectivity index (χ2n) is 3.40. The molecule has 1 aromatic heterocycles. The molecule has 0 radical (unpaired) electrons. The number of aromatic nitrogens is 2. The van der Waals surface area contributed by atoms with Crippen molar-refractivity contribution in [1.82, 2.24) is 9.78 Å². The van der Waals surface area contributed by atoms with Crippen LogP contribution in [-0.4, -0.2) is 32.0 Å². The van der Waals surface area contributed by atoms with Crippen LogP contribution >= 0.6 is 15.9 Å². The van der Waals surface area contributed by atoms with Crippen molar-refractivity contribution in [1.29, 1.82) is 0 Å². The SMILES string of the molecule is C#CCn1ncc(NCCS(=O)CC)c(Br)c1=O. The number of nitrogens with one attached hydrogen (secondary N) is 1. The average Bonchev–Trinajstić information content (AvgIpc) is 2.37. The van der Waals surface area contributed by atoms with Gasteiger partial charge in [-0.15, -0.1) is 6.42 Å². The van der Waals surface area contributed by atoms with E-state index in [-0.39, 0.29) is 12.1 Å². The van der Waals surface area contributed by atoms with E-state index in [0.29, 0.717) is 28.2 Å². The third-order valence-corrected chi connectivity index (χ3v) is 4.26. The third kappa shape index (κ3) is 3.96. The lowest BCUT2D eigenvalue weighted by molar-refractivity contribution is 0.659. The Labute approximate surface area is 117 Å². The highest BCUT2D eigenvalue weighted by atomic mass is 79.9. The summed E-state index contributed by atoms with van der Waals surface area (Å²) in [5.41, 5.74) is 0.302. The minimum atomic E-state index is -0.828. The number of anilines is 1. The lowest BCUT2D eigenvalue weighted by atomic mass is 10.4. The summed E-state index contributed by atoms with van der Waals surface area (Å²) < 4.78 is 12.8. The van der Waals surface area contributed by atoms with Gasteiger partial charge in [-0.3, -0.25) is 9.00 Å². The molecule has 0 aromatic carbocycles. The second-order valence-corrected chi connectivity index (χ2v) is 6.06. The van der Waals surface area contributed by atoms with E-state index in [0.717, 1.165) is 0 Å². The molecule has 1 rings (SSSR count). The van der Waals surface area contributed by atoms with Gasteiger partial charge in [0.1, 0.15) is 11.0 Å². The maximum absolute atomic E-state index is 11.8. The molecule has 18 heavy (non-hydrogen) atoms. The summed E-state index contributed by atoms with van der Waals surface area (Å²) in [4.78, 5) is 11.8. The largest absolute Gasteiger partial charge is 0.382 e. The lowest BCUT2D eigenvalue weighted by Crippen LogP contribution is -2.24. The predicted octanol–water partition coefficient (Wildman–Crippen LogP) is 0.820. The van der Waals surface area contributed by atoms with Crippen LogP contribution in [0.15, 0.2) is 15.5 Å². The average molecular weight is 332 g/mol. The molecule has 0 fully saturated rings. The first-order valence-electron chi connectivity index (χ1n) is 5.38. The van der Waals surface area contributed by atoms with E-state index in [1.54, 1.807) is 0 Å². The molecule has 1 atom stereocenters. The van der Waals surface area contributed by atoms with Gasteiger partial charge in [-0.1, -0.05) is 12.8 Å². The van der Waals surface area contributed by atoms with E-state index in [1.165, 1.54) is 10.9 Å². The number of hydrogen-bond donors (Lipinski definition) is 1. The maximum Gasteiger partial charge on any atom is 0.284 e. The molecule has 1 unspecified atom stereocenters. The van der Waals surface area contributed by atoms with Crippen molar-refractivity contribution >= 4 is 32.4 Å². The Morgan fingerprint density at radius 1 is 1.67 bits per heavy atom. The van der Waals surface area contributed by atoms with E-state index < -0.39 is 10.8 Å². The third-order valence-electron chi connectivity index (χ3n) is 2.19. The zero-order chi connectivity index (χ0) is 13.5. The van der Waals surface area contributed by atoms with Crippen molar-refractivity contribution in [2.75, 3.05) is 23.4 Å². The molecule has 0 aliphatic carbocycles. The van der Waals surface area contributed by atoms with E-state index >= 15 is 0 Å². The first-order valence-corrected chi connectivity index (χ1v) is 7.66. The van der Waals surface area contributed by atoms with Crippen molar-refractivity contribution in [2.45, 2.75) is 13.5 Å². The Kier molecular flexibility index (Phi) is 6.09. The molecule has 0 amide bonds. The highest BCUT2D eigenvalue weighted by molar-refractivity contribution is 9.10. The maximum atomic E-state index is 11.8. The van der Waals surface area contributed by atoms with Crippen molar-refractivity contribution in [3.05, 3.63) is 21.0 Å². The highest BCUT2D eigenvalue weighted by Crippen LogP contribution is 2.15. The van der Waals surface area contributed by atoms with Gasteiger partial charge in [-0.25, -0.2) is 4.68 Å². The molecule has 0 bridgehead atoms. The van der Waals surface area contributed by atoms with E-state index in [1.807, 2.05) is 6.92 Å². The Morgan fingerprint density at radius 2 is 2.39 bits per heavy atom. The topological polar surface area (TPSA) is 64.0 Å². The zero-order valence-electron chi connectivity index (χ0n) is 9.98. The number of terminal acetylenes is 1. The normalized spacial score (nSPS) is 11.8. The molecule has 0 aliphatic heterocycles. The fourth-order valence-corrected chi connectivity index (χ4v) is 2.30. The standard InChI is InChI=1S/C11H14BrN3O2S/c1-3-6-15-11(16)10(12)9(8-14-15)13-5-7-18(17)4-2/h1,8,13H,4-7H2,2H3. The van der Waals surface area contributed by atoms with Gasteiger partial charge < -0.3 is 5.32 Å². The van der Waals surface area contributed by atoms with Gasteiger partial charge in [0, 0.05) is 28.9 Å². The first kappa shape index (κ1) is 14.9. The number of nitrogens with zero attached hydrogens (tertiary/aromatic N) is 2. The van der Waals surface area contributed by atoms with Crippen molar-refractivity contribution in [3.63, 3.8) is 0 Å². The van der Waals surface area contributed by atoms with Crippen LogP contribution < -0.4 is 10.9 Å². The first-order chi connectivity index (χ1) is 8.60. The minimum Gasteiger partial charge on any atom is -0.382 e. The van der Waals surface area contributed by atoms with E-state index in [4.69, 9.17) is 6.42 Å². The van der Waals surface area contributed by atoms with Gasteiger partial charge in [0.15, 0.2) is 0 Å². The summed E-state index contributed by atoms with van der Waals surface area (Å²) in [5.74, 6) is 3.52. The molecule has 0 spiro atoms. The molecule has 1 aromatic rings. The quantitative estimate of drug-likeness (QED) is 0.784. The summed E-state index contributed by atoms with van der Waals surface area (Å²) >= 11 is 3.21. The highest BCUT2D eigenvalue weighted by Gasteiger charge is 2.07. The van der Waals surface area contributed by atoms with Gasteiger partial charge in [-0.05, 0) is 15.9 Å². The van der Waals surface area contributed by atoms with Crippen LogP contribution in [-0.2, 0) is 17.3 Å². The predicted molar refractivity (Wildman–Crippen MR) is 77.1 cm³/mol. The molecule has 7 heteroatoms. The van der Waals surface area contributed by atoms with E-state index in [2.05, 4.69) is 32.3 Å². The Balaban J connectivity index is 2.74. The van der Waals surface area contributed by atoms with Crippen molar-refractivity contribution < 1.29 is 4.21 Å². The van der Waals surface area contributed by atoms with Gasteiger partial charge in [-0.2, -0.15) is 5.10 Å². The smallest absolute Gasteiger partial charge is 0.284 e. The molecule has 0 saturated heterocycles. The Hall–Kier alpha value is -1.13. The molecule has 1 N–H and O–H groups in total. The molecular formula is C11H14BrN3O2S. The Bertz CT molecular complexity index is 536. The second kappa shape index (κ2) is 7.34. The van der Waals surface area contributed by atoms with Gasteiger partial charge >= 0.3 is 0 Å². The summed E-state index contributed by atoms with van der Waals surface area (Å²) in [5, 5.41) is 6.96. The summed E-state index contributed by atoms with van der Waals surface area (Å²) in [6.07, 6.45) is 6.66. The van der Waals surface area contributed by atoms with E-state index in [9.17, 15) is 9.00 Å². The zero-order valence-corrected chi connectivity index (χ0v) is 12.4. The number of rotatable bonds is 6. The summed E-state index contributed by atoms with van der Waals surface area (Å²) in [6.45, 7) is 2.53. The van der Waals surface area contributed by atoms with Gasteiger partial charge in [0.25, 0.3) is 5.56 Å². The molecule has 5 nitrogen and oxygen atoms in total. The molecule has 0 saturated carbocycles. The van der Waals surface area contributed by atoms with Gasteiger partial charge in [0.2, 0.25) is 0 Å². The summed E-state index contributed by atoms with van der Waals surface area (Å²) in [7, 11) is -0.828. The van der Waals surface area contributed by atoms with Crippen LogP contribution in [0.1, 0.15) is 6.92 Å². The molecular weight excluding hydrogens is 318 g/mol. The van der Waals surface area contributed by atoms with Gasteiger partial charge in [0.05, 0.1) is 11.9 Å². The van der Waals surface area contributed by atoms with Crippen LogP contribution in [0.3, 0.4) is 0 Å². The van der Waals surface area contributed by atoms with Crippen LogP contribution in [0.2, 0.25) is 0 Å². The molecule has 0 aliphatic rings. The molecule has 1 heterocycles.